The number of aromatic nitrogens is 4. The largest absolute Gasteiger partial charge is 0.491 e. The van der Waals surface area contributed by atoms with E-state index in [1.807, 2.05) is 30.3 Å². The lowest BCUT2D eigenvalue weighted by Gasteiger charge is -2.08. The third-order valence-corrected chi connectivity index (χ3v) is 7.15. The molecule has 0 bridgehead atoms. The molecule has 4 rings (SSSR count). The number of rotatable bonds is 12. The van der Waals surface area contributed by atoms with Crippen molar-refractivity contribution in [2.75, 3.05) is 17.7 Å². The molecule has 0 aliphatic rings. The van der Waals surface area contributed by atoms with Crippen molar-refractivity contribution in [3.63, 3.8) is 0 Å². The van der Waals surface area contributed by atoms with Gasteiger partial charge >= 0.3 is 0 Å². The lowest BCUT2D eigenvalue weighted by atomic mass is 10.1. The van der Waals surface area contributed by atoms with E-state index >= 15 is 0 Å². The molecule has 0 saturated carbocycles. The van der Waals surface area contributed by atoms with Crippen LogP contribution in [0, 0.1) is 11.6 Å². The highest BCUT2D eigenvalue weighted by atomic mass is 32.1. The number of nitrogens with zero attached hydrogens (tertiary/aromatic N) is 4. The highest BCUT2D eigenvalue weighted by molar-refractivity contribution is 7.15. The lowest BCUT2D eigenvalue weighted by molar-refractivity contribution is -0.116. The van der Waals surface area contributed by atoms with Gasteiger partial charge in [0, 0.05) is 18.4 Å². The SMILES string of the molecule is COc1c(F)ccc(CC(=O)Nc2nnc(CCCCc3nnc(NC(=O)Cc4ccccc4)s3)s2)c1F. The minimum Gasteiger partial charge on any atom is -0.491 e. The zero-order valence-electron chi connectivity index (χ0n) is 20.4. The van der Waals surface area contributed by atoms with Crippen molar-refractivity contribution in [2.45, 2.75) is 38.5 Å². The van der Waals surface area contributed by atoms with Crippen LogP contribution in [0.5, 0.6) is 5.75 Å². The first-order valence-corrected chi connectivity index (χ1v) is 13.3. The molecular formula is C25H24F2N6O3S2. The summed E-state index contributed by atoms with van der Waals surface area (Å²) in [5.41, 5.74) is 0.942. The first-order valence-electron chi connectivity index (χ1n) is 11.7. The summed E-state index contributed by atoms with van der Waals surface area (Å²) in [6.45, 7) is 0. The van der Waals surface area contributed by atoms with E-state index in [2.05, 4.69) is 31.0 Å². The second kappa shape index (κ2) is 13.1. The Hall–Kier alpha value is -3.84. The molecule has 13 heteroatoms. The van der Waals surface area contributed by atoms with Crippen molar-refractivity contribution in [1.29, 1.82) is 0 Å². The summed E-state index contributed by atoms with van der Waals surface area (Å²) in [5, 5.41) is 24.0. The van der Waals surface area contributed by atoms with Gasteiger partial charge in [0.05, 0.1) is 20.0 Å². The summed E-state index contributed by atoms with van der Waals surface area (Å²) < 4.78 is 32.5. The number of benzene rings is 2. The number of aryl methyl sites for hydroxylation is 2. The average Bonchev–Trinajstić information content (AvgIpc) is 3.53. The summed E-state index contributed by atoms with van der Waals surface area (Å²) in [5.74, 6) is -2.90. The summed E-state index contributed by atoms with van der Waals surface area (Å²) in [4.78, 5) is 24.5. The highest BCUT2D eigenvalue weighted by Gasteiger charge is 2.17. The van der Waals surface area contributed by atoms with E-state index in [9.17, 15) is 18.4 Å². The molecular weight excluding hydrogens is 534 g/mol. The zero-order chi connectivity index (χ0) is 26.9. The molecule has 2 heterocycles. The maximum absolute atomic E-state index is 14.3. The van der Waals surface area contributed by atoms with Crippen molar-refractivity contribution in [2.24, 2.45) is 0 Å². The van der Waals surface area contributed by atoms with E-state index in [1.165, 1.54) is 28.7 Å². The van der Waals surface area contributed by atoms with Crippen LogP contribution in [-0.4, -0.2) is 39.3 Å². The number of hydrogen-bond donors (Lipinski definition) is 2. The molecule has 0 aliphatic carbocycles. The van der Waals surface area contributed by atoms with Gasteiger partial charge < -0.3 is 15.4 Å². The standard InChI is InChI=1S/C25H24F2N6O3S2/c1-36-23-17(26)12-11-16(22(23)27)14-19(35)29-25-33-31-21(38-25)10-6-5-9-20-30-32-24(37-20)28-18(34)13-15-7-3-2-4-8-15/h2-4,7-8,11-12H,5-6,9-10,13-14H2,1H3,(H,28,32,34)(H,29,33,35). The van der Waals surface area contributed by atoms with Gasteiger partial charge in [0.2, 0.25) is 22.1 Å². The van der Waals surface area contributed by atoms with Crippen LogP contribution in [0.1, 0.15) is 34.0 Å². The Labute approximate surface area is 225 Å². The van der Waals surface area contributed by atoms with Crippen LogP contribution in [-0.2, 0) is 35.3 Å². The second-order valence-corrected chi connectivity index (χ2v) is 10.3. The number of anilines is 2. The minimum absolute atomic E-state index is 0.0149. The van der Waals surface area contributed by atoms with Gasteiger partial charge in [-0.05, 0) is 24.5 Å². The predicted octanol–water partition coefficient (Wildman–Crippen LogP) is 4.60. The molecule has 0 atom stereocenters. The highest BCUT2D eigenvalue weighted by Crippen LogP contribution is 2.25. The Kier molecular flexibility index (Phi) is 9.38. The van der Waals surface area contributed by atoms with Crippen LogP contribution in [0.15, 0.2) is 42.5 Å². The maximum Gasteiger partial charge on any atom is 0.230 e. The third kappa shape index (κ3) is 7.59. The van der Waals surface area contributed by atoms with Gasteiger partial charge in [-0.3, -0.25) is 9.59 Å². The predicted molar refractivity (Wildman–Crippen MR) is 140 cm³/mol. The quantitative estimate of drug-likeness (QED) is 0.244. The Bertz CT molecular complexity index is 1400. The van der Waals surface area contributed by atoms with Crippen molar-refractivity contribution in [3.05, 3.63) is 75.2 Å². The van der Waals surface area contributed by atoms with Gasteiger partial charge in [-0.25, -0.2) is 8.78 Å². The van der Waals surface area contributed by atoms with Gasteiger partial charge in [-0.15, -0.1) is 20.4 Å². The van der Waals surface area contributed by atoms with E-state index in [-0.39, 0.29) is 24.3 Å². The molecule has 2 amide bonds. The van der Waals surface area contributed by atoms with Gasteiger partial charge in [0.25, 0.3) is 0 Å². The van der Waals surface area contributed by atoms with Crippen molar-refractivity contribution < 1.29 is 23.1 Å². The molecule has 0 radical (unpaired) electrons. The van der Waals surface area contributed by atoms with Gasteiger partial charge in [-0.1, -0.05) is 59.1 Å². The molecule has 2 aromatic heterocycles. The van der Waals surface area contributed by atoms with Crippen molar-refractivity contribution >= 4 is 44.8 Å². The van der Waals surface area contributed by atoms with Crippen LogP contribution in [0.4, 0.5) is 19.0 Å². The number of hydrogen-bond acceptors (Lipinski definition) is 9. The summed E-state index contributed by atoms with van der Waals surface area (Å²) >= 11 is 2.59. The summed E-state index contributed by atoms with van der Waals surface area (Å²) in [7, 11) is 1.16. The lowest BCUT2D eigenvalue weighted by Crippen LogP contribution is -2.15. The monoisotopic (exact) mass is 558 g/mol. The van der Waals surface area contributed by atoms with Gasteiger partial charge in [0.15, 0.2) is 17.4 Å². The van der Waals surface area contributed by atoms with Crippen LogP contribution in [0.25, 0.3) is 0 Å². The average molecular weight is 559 g/mol. The molecule has 9 nitrogen and oxygen atoms in total. The number of carbonyl (C=O) groups excluding carboxylic acids is 2. The zero-order valence-corrected chi connectivity index (χ0v) is 22.0. The molecule has 198 valence electrons. The second-order valence-electron chi connectivity index (χ2n) is 8.20. The first-order chi connectivity index (χ1) is 18.4. The van der Waals surface area contributed by atoms with E-state index in [0.29, 0.717) is 23.1 Å². The van der Waals surface area contributed by atoms with E-state index in [0.717, 1.165) is 41.6 Å². The molecule has 0 unspecified atom stereocenters. The molecule has 0 fully saturated rings. The Morgan fingerprint density at radius 1 is 0.816 bits per heavy atom. The summed E-state index contributed by atoms with van der Waals surface area (Å²) in [6.07, 6.45) is 3.00. The van der Waals surface area contributed by atoms with Crippen molar-refractivity contribution in [3.8, 4) is 5.75 Å². The van der Waals surface area contributed by atoms with Crippen LogP contribution < -0.4 is 15.4 Å². The van der Waals surface area contributed by atoms with Crippen LogP contribution in [0.2, 0.25) is 0 Å². The fourth-order valence-corrected chi connectivity index (χ4v) is 5.14. The number of halogens is 2. The normalized spacial score (nSPS) is 10.8. The molecule has 0 spiro atoms. The first kappa shape index (κ1) is 27.2. The van der Waals surface area contributed by atoms with Crippen molar-refractivity contribution in [1.82, 2.24) is 20.4 Å². The molecule has 0 saturated heterocycles. The fourth-order valence-electron chi connectivity index (χ4n) is 3.54. The smallest absolute Gasteiger partial charge is 0.230 e. The fraction of sp³-hybridized carbons (Fsp3) is 0.280. The number of methoxy groups -OCH3 is 1. The molecule has 2 aromatic carbocycles. The molecule has 38 heavy (non-hydrogen) atoms. The van der Waals surface area contributed by atoms with E-state index in [1.54, 1.807) is 0 Å². The topological polar surface area (TPSA) is 119 Å². The Balaban J connectivity index is 1.17. The minimum atomic E-state index is -0.905. The molecule has 0 aliphatic heterocycles. The maximum atomic E-state index is 14.3. The van der Waals surface area contributed by atoms with Crippen LogP contribution in [0.3, 0.4) is 0 Å². The number of nitrogens with one attached hydrogen (secondary N) is 2. The summed E-state index contributed by atoms with van der Waals surface area (Å²) in [6, 6.07) is 11.7. The number of ether oxygens (including phenoxy) is 1. The Morgan fingerprint density at radius 2 is 1.39 bits per heavy atom. The molecule has 2 N–H and O–H groups in total. The molecule has 4 aromatic rings. The number of carbonyl (C=O) groups is 2. The number of unbranched alkanes of at least 4 members (excludes halogenated alkanes) is 1. The van der Waals surface area contributed by atoms with E-state index < -0.39 is 23.3 Å². The van der Waals surface area contributed by atoms with Gasteiger partial charge in [0.1, 0.15) is 10.0 Å². The third-order valence-electron chi connectivity index (χ3n) is 5.35. The van der Waals surface area contributed by atoms with Crippen LogP contribution >= 0.6 is 22.7 Å². The van der Waals surface area contributed by atoms with Gasteiger partial charge in [-0.2, -0.15) is 0 Å². The van der Waals surface area contributed by atoms with E-state index in [4.69, 9.17) is 4.74 Å². The number of amides is 2. The Morgan fingerprint density at radius 3 is 1.97 bits per heavy atom.